The molecule has 0 aliphatic heterocycles. The van der Waals surface area contributed by atoms with E-state index in [1.165, 1.54) is 24.6 Å². The molecular formula is C14H9ClN4OS. The van der Waals surface area contributed by atoms with Gasteiger partial charge in [-0.15, -0.1) is 11.3 Å². The highest BCUT2D eigenvalue weighted by molar-refractivity contribution is 7.18. The van der Waals surface area contributed by atoms with Crippen molar-refractivity contribution in [3.05, 3.63) is 56.4 Å². The summed E-state index contributed by atoms with van der Waals surface area (Å²) < 4.78 is 2.12. The van der Waals surface area contributed by atoms with Gasteiger partial charge in [0, 0.05) is 12.6 Å². The highest BCUT2D eigenvalue weighted by Gasteiger charge is 2.23. The number of nitriles is 1. The summed E-state index contributed by atoms with van der Waals surface area (Å²) in [6, 6.07) is 9.78. The van der Waals surface area contributed by atoms with E-state index in [0.717, 1.165) is 14.9 Å². The molecule has 3 rings (SSSR count). The number of hydrogen-bond donors (Lipinski definition) is 0. The van der Waals surface area contributed by atoms with Crippen molar-refractivity contribution in [3.8, 4) is 6.07 Å². The van der Waals surface area contributed by atoms with E-state index in [1.807, 2.05) is 24.3 Å². The van der Waals surface area contributed by atoms with Crippen molar-refractivity contribution in [1.29, 1.82) is 5.26 Å². The summed E-state index contributed by atoms with van der Waals surface area (Å²) in [6.07, 6.45) is 1.45. The Kier molecular flexibility index (Phi) is 3.45. The molecule has 0 unspecified atom stereocenters. The lowest BCUT2D eigenvalue weighted by Gasteiger charge is -2.08. The van der Waals surface area contributed by atoms with Crippen LogP contribution >= 0.6 is 22.9 Å². The van der Waals surface area contributed by atoms with Gasteiger partial charge in [-0.2, -0.15) is 10.4 Å². The van der Waals surface area contributed by atoms with E-state index in [0.29, 0.717) is 10.6 Å². The van der Waals surface area contributed by atoms with Gasteiger partial charge in [0.1, 0.15) is 15.9 Å². The second-order valence-electron chi connectivity index (χ2n) is 4.42. The number of hydrogen-bond acceptors (Lipinski definition) is 5. The number of para-hydroxylation sites is 1. The molecule has 5 nitrogen and oxygen atoms in total. The van der Waals surface area contributed by atoms with Gasteiger partial charge in [-0.25, -0.2) is 9.67 Å². The van der Waals surface area contributed by atoms with Crippen molar-refractivity contribution in [2.45, 2.75) is 5.92 Å². The summed E-state index contributed by atoms with van der Waals surface area (Å²) in [7, 11) is 1.51. The van der Waals surface area contributed by atoms with E-state index in [9.17, 15) is 10.1 Å². The highest BCUT2D eigenvalue weighted by Crippen LogP contribution is 2.32. The third-order valence-electron chi connectivity index (χ3n) is 3.10. The average Bonchev–Trinajstić information content (AvgIpc) is 2.91. The zero-order valence-corrected chi connectivity index (χ0v) is 12.5. The van der Waals surface area contributed by atoms with Crippen LogP contribution in [0.4, 0.5) is 0 Å². The predicted octanol–water partition coefficient (Wildman–Crippen LogP) is 2.70. The molecule has 2 aromatic heterocycles. The number of halogens is 1. The Morgan fingerprint density at radius 3 is 2.90 bits per heavy atom. The molecule has 0 N–H and O–H groups in total. The Hall–Kier alpha value is -2.23. The third kappa shape index (κ3) is 2.31. The minimum absolute atomic E-state index is 0.0123. The molecule has 104 valence electrons. The van der Waals surface area contributed by atoms with Gasteiger partial charge in [-0.05, 0) is 12.1 Å². The summed E-state index contributed by atoms with van der Waals surface area (Å²) in [5, 5.41) is 14.0. The van der Waals surface area contributed by atoms with Crippen LogP contribution in [-0.4, -0.2) is 14.8 Å². The predicted molar refractivity (Wildman–Crippen MR) is 81.6 cm³/mol. The summed E-state index contributed by atoms with van der Waals surface area (Å²) in [5.41, 5.74) is 0.794. The standard InChI is InChI=1S/C14H9ClN4OS/c1-19-14(20)12(15)9(7-17-19)8(6-16)13-18-10-4-2-3-5-11(10)21-13/h2-5,7-8H,1H3/t8-/m1/s1. The molecule has 0 saturated carbocycles. The van der Waals surface area contributed by atoms with Crippen LogP contribution in [0.2, 0.25) is 5.02 Å². The van der Waals surface area contributed by atoms with Gasteiger partial charge in [-0.1, -0.05) is 23.7 Å². The lowest BCUT2D eigenvalue weighted by atomic mass is 10.0. The highest BCUT2D eigenvalue weighted by atomic mass is 35.5. The number of aromatic nitrogens is 3. The van der Waals surface area contributed by atoms with E-state index < -0.39 is 11.5 Å². The lowest BCUT2D eigenvalue weighted by Crippen LogP contribution is -2.22. The maximum absolute atomic E-state index is 11.9. The molecule has 0 aliphatic rings. The zero-order chi connectivity index (χ0) is 15.0. The van der Waals surface area contributed by atoms with Gasteiger partial charge in [0.2, 0.25) is 0 Å². The van der Waals surface area contributed by atoms with Crippen LogP contribution in [0.5, 0.6) is 0 Å². The first kappa shape index (κ1) is 13.7. The van der Waals surface area contributed by atoms with Crippen molar-refractivity contribution in [2.24, 2.45) is 7.05 Å². The lowest BCUT2D eigenvalue weighted by molar-refractivity contribution is 0.698. The molecule has 21 heavy (non-hydrogen) atoms. The molecular weight excluding hydrogens is 308 g/mol. The fourth-order valence-electron chi connectivity index (χ4n) is 2.00. The molecule has 0 saturated heterocycles. The Morgan fingerprint density at radius 1 is 1.43 bits per heavy atom. The molecule has 1 aromatic carbocycles. The first-order valence-corrected chi connectivity index (χ1v) is 7.28. The minimum Gasteiger partial charge on any atom is -0.266 e. The van der Waals surface area contributed by atoms with Crippen molar-refractivity contribution in [2.75, 3.05) is 0 Å². The van der Waals surface area contributed by atoms with Crippen LogP contribution in [-0.2, 0) is 7.05 Å². The second kappa shape index (κ2) is 5.28. The smallest absolute Gasteiger partial charge is 0.266 e. The van der Waals surface area contributed by atoms with Crippen molar-refractivity contribution < 1.29 is 0 Å². The van der Waals surface area contributed by atoms with Gasteiger partial charge in [0.15, 0.2) is 0 Å². The molecule has 0 amide bonds. The van der Waals surface area contributed by atoms with Crippen molar-refractivity contribution in [3.63, 3.8) is 0 Å². The summed E-state index contributed by atoms with van der Waals surface area (Å²) in [4.78, 5) is 16.3. The van der Waals surface area contributed by atoms with Crippen LogP contribution in [0.15, 0.2) is 35.3 Å². The van der Waals surface area contributed by atoms with Gasteiger partial charge in [0.05, 0.1) is 22.5 Å². The van der Waals surface area contributed by atoms with E-state index >= 15 is 0 Å². The van der Waals surface area contributed by atoms with Crippen LogP contribution in [0, 0.1) is 11.3 Å². The topological polar surface area (TPSA) is 71.6 Å². The van der Waals surface area contributed by atoms with Crippen LogP contribution in [0.3, 0.4) is 0 Å². The van der Waals surface area contributed by atoms with Gasteiger partial charge < -0.3 is 0 Å². The second-order valence-corrected chi connectivity index (χ2v) is 5.86. The number of nitrogens with zero attached hydrogens (tertiary/aromatic N) is 4. The maximum Gasteiger partial charge on any atom is 0.285 e. The van der Waals surface area contributed by atoms with Crippen LogP contribution in [0.25, 0.3) is 10.2 Å². The van der Waals surface area contributed by atoms with Gasteiger partial charge >= 0.3 is 0 Å². The first-order chi connectivity index (χ1) is 10.1. The SMILES string of the molecule is Cn1ncc([C@@H](C#N)c2nc3ccccc3s2)c(Cl)c1=O. The molecule has 0 aliphatic carbocycles. The normalized spacial score (nSPS) is 12.2. The first-order valence-electron chi connectivity index (χ1n) is 6.08. The Bertz CT molecular complexity index is 892. The third-order valence-corrected chi connectivity index (χ3v) is 4.58. The Labute approximate surface area is 129 Å². The van der Waals surface area contributed by atoms with E-state index in [-0.39, 0.29) is 5.02 Å². The average molecular weight is 317 g/mol. The summed E-state index contributed by atoms with van der Waals surface area (Å²) in [6.45, 7) is 0. The Morgan fingerprint density at radius 2 is 2.19 bits per heavy atom. The number of aryl methyl sites for hydroxylation is 1. The summed E-state index contributed by atoms with van der Waals surface area (Å²) >= 11 is 7.49. The molecule has 7 heteroatoms. The van der Waals surface area contributed by atoms with Crippen LogP contribution < -0.4 is 5.56 Å². The largest absolute Gasteiger partial charge is 0.285 e. The zero-order valence-electron chi connectivity index (χ0n) is 10.9. The fourth-order valence-corrected chi connectivity index (χ4v) is 3.31. The number of thiazole rings is 1. The molecule has 0 fully saturated rings. The van der Waals surface area contributed by atoms with Crippen molar-refractivity contribution in [1.82, 2.24) is 14.8 Å². The molecule has 1 atom stereocenters. The van der Waals surface area contributed by atoms with E-state index in [4.69, 9.17) is 11.6 Å². The van der Waals surface area contributed by atoms with Gasteiger partial charge in [0.25, 0.3) is 5.56 Å². The minimum atomic E-state index is -0.698. The monoisotopic (exact) mass is 316 g/mol. The number of rotatable bonds is 2. The Balaban J connectivity index is 2.17. The van der Waals surface area contributed by atoms with E-state index in [1.54, 1.807) is 0 Å². The maximum atomic E-state index is 11.9. The van der Waals surface area contributed by atoms with E-state index in [2.05, 4.69) is 16.2 Å². The molecule has 0 radical (unpaired) electrons. The fraction of sp³-hybridized carbons (Fsp3) is 0.143. The molecule has 0 spiro atoms. The number of fused-ring (bicyclic) bond motifs is 1. The quantitative estimate of drug-likeness (QED) is 0.728. The van der Waals surface area contributed by atoms with Crippen molar-refractivity contribution >= 4 is 33.2 Å². The van der Waals surface area contributed by atoms with Crippen LogP contribution in [0.1, 0.15) is 16.5 Å². The molecule has 3 aromatic rings. The molecule has 2 heterocycles. The molecule has 0 bridgehead atoms. The number of benzene rings is 1. The van der Waals surface area contributed by atoms with Gasteiger partial charge in [-0.3, -0.25) is 4.79 Å². The summed E-state index contributed by atoms with van der Waals surface area (Å²) in [5.74, 6) is -0.698.